The lowest BCUT2D eigenvalue weighted by atomic mass is 10.4. The van der Waals surface area contributed by atoms with Crippen LogP contribution in [0.3, 0.4) is 0 Å². The van der Waals surface area contributed by atoms with E-state index in [1.807, 2.05) is 13.8 Å². The van der Waals surface area contributed by atoms with Crippen LogP contribution in [0.15, 0.2) is 0 Å². The second-order valence-electron chi connectivity index (χ2n) is 3.47. The molecule has 0 bridgehead atoms. The molecule has 0 fully saturated rings. The second-order valence-corrected chi connectivity index (χ2v) is 5.06. The highest BCUT2D eigenvalue weighted by atomic mass is 31.2. The zero-order chi connectivity index (χ0) is 12.4. The SMILES string of the molecule is CCCCOP(=O)(OCCCC)OC(C)=N. The number of nitrogens with one attached hydrogen (secondary N) is 1. The summed E-state index contributed by atoms with van der Waals surface area (Å²) in [7, 11) is -3.56. The smallest absolute Gasteiger partial charge is 0.391 e. The van der Waals surface area contributed by atoms with Gasteiger partial charge in [-0.3, -0.25) is 14.5 Å². The van der Waals surface area contributed by atoms with E-state index in [1.54, 1.807) is 0 Å². The van der Waals surface area contributed by atoms with Crippen LogP contribution in [0.4, 0.5) is 0 Å². The molecule has 0 rings (SSSR count). The van der Waals surface area contributed by atoms with Crippen LogP contribution in [0.1, 0.15) is 46.5 Å². The highest BCUT2D eigenvalue weighted by Gasteiger charge is 2.28. The summed E-state index contributed by atoms with van der Waals surface area (Å²) in [6.07, 6.45) is 3.47. The van der Waals surface area contributed by atoms with Gasteiger partial charge < -0.3 is 4.52 Å². The fraction of sp³-hybridized carbons (Fsp3) is 0.900. The van der Waals surface area contributed by atoms with Crippen LogP contribution < -0.4 is 0 Å². The minimum absolute atomic E-state index is 0.156. The molecule has 1 N–H and O–H groups in total. The Balaban J connectivity index is 4.13. The minimum Gasteiger partial charge on any atom is -0.391 e. The molecule has 0 aromatic heterocycles. The van der Waals surface area contributed by atoms with Crippen LogP contribution in [0.25, 0.3) is 0 Å². The van der Waals surface area contributed by atoms with Crippen LogP contribution in [-0.4, -0.2) is 19.1 Å². The van der Waals surface area contributed by atoms with Gasteiger partial charge in [0.25, 0.3) is 0 Å². The molecule has 5 nitrogen and oxygen atoms in total. The van der Waals surface area contributed by atoms with E-state index in [9.17, 15) is 4.57 Å². The lowest BCUT2D eigenvalue weighted by molar-refractivity contribution is 0.149. The number of unbranched alkanes of at least 4 members (excludes halogenated alkanes) is 2. The maximum absolute atomic E-state index is 12.0. The summed E-state index contributed by atoms with van der Waals surface area (Å²) in [5, 5.41) is 7.16. The van der Waals surface area contributed by atoms with Crippen molar-refractivity contribution >= 4 is 13.7 Å². The van der Waals surface area contributed by atoms with Crippen molar-refractivity contribution in [3.63, 3.8) is 0 Å². The van der Waals surface area contributed by atoms with Crippen LogP contribution in [-0.2, 0) is 18.1 Å². The number of rotatable bonds is 9. The third-order valence-electron chi connectivity index (χ3n) is 1.74. The van der Waals surface area contributed by atoms with Gasteiger partial charge in [0.2, 0.25) is 0 Å². The topological polar surface area (TPSA) is 68.6 Å². The van der Waals surface area contributed by atoms with E-state index in [0.717, 1.165) is 25.7 Å². The Hall–Kier alpha value is -0.380. The summed E-state index contributed by atoms with van der Waals surface area (Å²) < 4.78 is 27.0. The summed E-state index contributed by atoms with van der Waals surface area (Å²) in [6, 6.07) is 0. The van der Waals surface area contributed by atoms with E-state index in [2.05, 4.69) is 0 Å². The molecule has 0 aromatic carbocycles. The van der Waals surface area contributed by atoms with Gasteiger partial charge in [0.1, 0.15) is 0 Å². The number of hydrogen-bond acceptors (Lipinski definition) is 5. The average molecular weight is 251 g/mol. The first-order valence-electron chi connectivity index (χ1n) is 5.68. The molecule has 0 saturated carbocycles. The fourth-order valence-electron chi connectivity index (χ4n) is 0.899. The monoisotopic (exact) mass is 251 g/mol. The van der Waals surface area contributed by atoms with E-state index in [0.29, 0.717) is 13.2 Å². The minimum atomic E-state index is -3.56. The Kier molecular flexibility index (Phi) is 8.53. The normalized spacial score (nSPS) is 11.4. The number of hydrogen-bond donors (Lipinski definition) is 1. The zero-order valence-corrected chi connectivity index (χ0v) is 11.2. The molecular weight excluding hydrogens is 229 g/mol. The van der Waals surface area contributed by atoms with E-state index in [-0.39, 0.29) is 5.90 Å². The first kappa shape index (κ1) is 15.6. The highest BCUT2D eigenvalue weighted by Crippen LogP contribution is 2.49. The predicted octanol–water partition coefficient (Wildman–Crippen LogP) is 3.74. The third-order valence-corrected chi connectivity index (χ3v) is 3.24. The van der Waals surface area contributed by atoms with Gasteiger partial charge in [-0.05, 0) is 12.8 Å². The standard InChI is InChI=1S/C10H22NO4P/c1-4-6-8-13-16(12,15-10(3)11)14-9-7-5-2/h11H,4-9H2,1-3H3. The van der Waals surface area contributed by atoms with Crippen molar-refractivity contribution in [2.45, 2.75) is 46.5 Å². The fourth-order valence-corrected chi connectivity index (χ4v) is 2.12. The van der Waals surface area contributed by atoms with E-state index in [4.69, 9.17) is 19.0 Å². The van der Waals surface area contributed by atoms with Gasteiger partial charge in [0.15, 0.2) is 5.90 Å². The lowest BCUT2D eigenvalue weighted by Crippen LogP contribution is -2.05. The van der Waals surface area contributed by atoms with Crippen LogP contribution >= 0.6 is 7.82 Å². The molecule has 0 aromatic rings. The van der Waals surface area contributed by atoms with Crippen LogP contribution in [0.2, 0.25) is 0 Å². The van der Waals surface area contributed by atoms with E-state index < -0.39 is 7.82 Å². The van der Waals surface area contributed by atoms with E-state index >= 15 is 0 Å². The molecule has 0 radical (unpaired) electrons. The summed E-state index contributed by atoms with van der Waals surface area (Å²) in [4.78, 5) is 0. The molecule has 96 valence electrons. The quantitative estimate of drug-likeness (QED) is 0.293. The largest absolute Gasteiger partial charge is 0.531 e. The molecule has 0 aliphatic carbocycles. The molecular formula is C10H22NO4P. The van der Waals surface area contributed by atoms with Crippen molar-refractivity contribution in [3.8, 4) is 0 Å². The summed E-state index contributed by atoms with van der Waals surface area (Å²) in [5.41, 5.74) is 0. The van der Waals surface area contributed by atoms with Crippen molar-refractivity contribution < 1.29 is 18.1 Å². The van der Waals surface area contributed by atoms with Crippen molar-refractivity contribution in [1.29, 1.82) is 5.41 Å². The van der Waals surface area contributed by atoms with Gasteiger partial charge in [-0.25, -0.2) is 4.57 Å². The first-order chi connectivity index (χ1) is 7.54. The van der Waals surface area contributed by atoms with Gasteiger partial charge >= 0.3 is 7.82 Å². The summed E-state index contributed by atoms with van der Waals surface area (Å²) in [6.45, 7) is 6.07. The number of phosphoric ester groups is 1. The van der Waals surface area contributed by atoms with Gasteiger partial charge in [0.05, 0.1) is 13.2 Å². The van der Waals surface area contributed by atoms with Gasteiger partial charge in [-0.1, -0.05) is 26.7 Å². The van der Waals surface area contributed by atoms with Crippen molar-refractivity contribution in [3.05, 3.63) is 0 Å². The lowest BCUT2D eigenvalue weighted by Gasteiger charge is -2.17. The van der Waals surface area contributed by atoms with Gasteiger partial charge in [-0.15, -0.1) is 0 Å². The molecule has 16 heavy (non-hydrogen) atoms. The molecule has 0 saturated heterocycles. The average Bonchev–Trinajstić information content (AvgIpc) is 2.17. The van der Waals surface area contributed by atoms with Gasteiger partial charge in [-0.2, -0.15) is 0 Å². The van der Waals surface area contributed by atoms with Crippen molar-refractivity contribution in [2.75, 3.05) is 13.2 Å². The molecule has 0 atom stereocenters. The molecule has 0 amide bonds. The zero-order valence-electron chi connectivity index (χ0n) is 10.3. The highest BCUT2D eigenvalue weighted by molar-refractivity contribution is 7.49. The van der Waals surface area contributed by atoms with Crippen molar-refractivity contribution in [2.24, 2.45) is 0 Å². The Bertz CT molecular complexity index is 231. The van der Waals surface area contributed by atoms with Crippen molar-refractivity contribution in [1.82, 2.24) is 0 Å². The predicted molar refractivity (Wildman–Crippen MR) is 63.8 cm³/mol. The molecule has 0 heterocycles. The van der Waals surface area contributed by atoms with Crippen LogP contribution in [0.5, 0.6) is 0 Å². The molecule has 0 spiro atoms. The maximum Gasteiger partial charge on any atom is 0.531 e. The molecule has 0 unspecified atom stereocenters. The first-order valence-corrected chi connectivity index (χ1v) is 7.14. The second kappa shape index (κ2) is 8.74. The maximum atomic E-state index is 12.0. The summed E-state index contributed by atoms with van der Waals surface area (Å²) in [5.74, 6) is -0.156. The molecule has 0 aliphatic rings. The Labute approximate surface area is 97.6 Å². The third kappa shape index (κ3) is 7.85. The van der Waals surface area contributed by atoms with Crippen LogP contribution in [0, 0.1) is 5.41 Å². The Morgan fingerprint density at radius 1 is 1.12 bits per heavy atom. The van der Waals surface area contributed by atoms with E-state index in [1.165, 1.54) is 6.92 Å². The molecule has 6 heteroatoms. The van der Waals surface area contributed by atoms with Gasteiger partial charge in [0, 0.05) is 6.92 Å². The summed E-state index contributed by atoms with van der Waals surface area (Å²) >= 11 is 0. The molecule has 0 aliphatic heterocycles. The Morgan fingerprint density at radius 2 is 1.56 bits per heavy atom. The Morgan fingerprint density at radius 3 is 1.88 bits per heavy atom. The number of phosphoric acid groups is 1.